The highest BCUT2D eigenvalue weighted by molar-refractivity contribution is 6.32. The molecule has 0 radical (unpaired) electrons. The number of pyridine rings is 1. The van der Waals surface area contributed by atoms with Crippen molar-refractivity contribution in [3.05, 3.63) is 82.6 Å². The number of nitrogens with zero attached hydrogens (tertiary/aromatic N) is 1. The smallest absolute Gasteiger partial charge is 0.244 e. The van der Waals surface area contributed by atoms with Gasteiger partial charge in [-0.05, 0) is 59.2 Å². The molecular weight excluding hydrogens is 428 g/mol. The van der Waals surface area contributed by atoms with Crippen molar-refractivity contribution in [3.8, 4) is 22.6 Å². The molecule has 0 fully saturated rings. The minimum atomic E-state index is -0.217. The van der Waals surface area contributed by atoms with Crippen LogP contribution in [0.25, 0.3) is 17.2 Å². The zero-order valence-corrected chi connectivity index (χ0v) is 18.3. The third kappa shape index (κ3) is 4.93. The van der Waals surface area contributed by atoms with E-state index in [1.54, 1.807) is 19.4 Å². The maximum Gasteiger partial charge on any atom is 0.244 e. The molecule has 4 rings (SSSR count). The van der Waals surface area contributed by atoms with Crippen LogP contribution in [0.3, 0.4) is 0 Å². The molecule has 0 saturated heterocycles. The Balaban J connectivity index is 1.45. The van der Waals surface area contributed by atoms with Gasteiger partial charge in [0.25, 0.3) is 0 Å². The molecule has 0 spiro atoms. The topological polar surface area (TPSA) is 80.7 Å². The monoisotopic (exact) mass is 450 g/mol. The zero-order chi connectivity index (χ0) is 22.5. The normalized spacial score (nSPS) is 14.8. The van der Waals surface area contributed by atoms with Crippen molar-refractivity contribution < 1.29 is 19.4 Å². The molecule has 3 aromatic rings. The van der Waals surface area contributed by atoms with Crippen molar-refractivity contribution in [2.24, 2.45) is 0 Å². The van der Waals surface area contributed by atoms with Crippen LogP contribution >= 0.6 is 11.6 Å². The average molecular weight is 451 g/mol. The number of hydrogen-bond acceptors (Lipinski definition) is 5. The number of ether oxygens (including phenoxy) is 2. The SMILES string of the molecule is COc1ccc(CO)c(-c2cc(Cl)c3c(c2)CC(CNC(=O)/C=C/c2ccccn2)O3)c1. The second-order valence-corrected chi connectivity index (χ2v) is 7.81. The molecular formula is C25H23ClN2O4. The van der Waals surface area contributed by atoms with E-state index < -0.39 is 0 Å². The number of amides is 1. The molecule has 1 unspecified atom stereocenters. The maximum absolute atomic E-state index is 12.1. The summed E-state index contributed by atoms with van der Waals surface area (Å²) in [6.45, 7) is 0.262. The van der Waals surface area contributed by atoms with Gasteiger partial charge in [0.1, 0.15) is 17.6 Å². The Hall–Kier alpha value is -3.35. The highest BCUT2D eigenvalue weighted by Crippen LogP contribution is 2.40. The van der Waals surface area contributed by atoms with Crippen molar-refractivity contribution in [1.82, 2.24) is 10.3 Å². The second kappa shape index (κ2) is 9.85. The number of fused-ring (bicyclic) bond motifs is 1. The third-order valence-corrected chi connectivity index (χ3v) is 5.53. The molecule has 32 heavy (non-hydrogen) atoms. The summed E-state index contributed by atoms with van der Waals surface area (Å²) in [7, 11) is 1.60. The van der Waals surface area contributed by atoms with Gasteiger partial charge in [-0.2, -0.15) is 0 Å². The van der Waals surface area contributed by atoms with E-state index >= 15 is 0 Å². The third-order valence-electron chi connectivity index (χ3n) is 5.25. The second-order valence-electron chi connectivity index (χ2n) is 7.40. The zero-order valence-electron chi connectivity index (χ0n) is 17.5. The highest BCUT2D eigenvalue weighted by Gasteiger charge is 2.26. The van der Waals surface area contributed by atoms with Gasteiger partial charge in [0.2, 0.25) is 5.91 Å². The first-order valence-corrected chi connectivity index (χ1v) is 10.6. The van der Waals surface area contributed by atoms with Crippen LogP contribution in [0.2, 0.25) is 5.02 Å². The fraction of sp³-hybridized carbons (Fsp3) is 0.200. The van der Waals surface area contributed by atoms with E-state index in [0.29, 0.717) is 35.2 Å². The van der Waals surface area contributed by atoms with Crippen LogP contribution in [0.1, 0.15) is 16.8 Å². The molecule has 0 saturated carbocycles. The lowest BCUT2D eigenvalue weighted by Crippen LogP contribution is -2.33. The van der Waals surface area contributed by atoms with Gasteiger partial charge < -0.3 is 19.9 Å². The molecule has 0 aliphatic carbocycles. The van der Waals surface area contributed by atoms with Crippen molar-refractivity contribution in [2.45, 2.75) is 19.1 Å². The molecule has 2 N–H and O–H groups in total. The van der Waals surface area contributed by atoms with Gasteiger partial charge in [-0.15, -0.1) is 0 Å². The number of rotatable bonds is 7. The summed E-state index contributed by atoms with van der Waals surface area (Å²) in [4.78, 5) is 16.3. The molecule has 2 aromatic carbocycles. The number of aromatic nitrogens is 1. The number of methoxy groups -OCH3 is 1. The van der Waals surface area contributed by atoms with Crippen LogP contribution in [0.4, 0.5) is 0 Å². The van der Waals surface area contributed by atoms with Crippen molar-refractivity contribution in [2.75, 3.05) is 13.7 Å². The maximum atomic E-state index is 12.1. The Kier molecular flexibility index (Phi) is 6.73. The van der Waals surface area contributed by atoms with Crippen molar-refractivity contribution >= 4 is 23.6 Å². The number of halogens is 1. The van der Waals surface area contributed by atoms with Gasteiger partial charge in [0, 0.05) is 24.3 Å². The summed E-state index contributed by atoms with van der Waals surface area (Å²) in [5, 5.41) is 13.1. The Morgan fingerprint density at radius 3 is 2.94 bits per heavy atom. The summed E-state index contributed by atoms with van der Waals surface area (Å²) < 4.78 is 11.3. The Bertz CT molecular complexity index is 1150. The molecule has 1 atom stereocenters. The van der Waals surface area contributed by atoms with E-state index in [1.807, 2.05) is 48.5 Å². The number of benzene rings is 2. The van der Waals surface area contributed by atoms with Gasteiger partial charge in [0.15, 0.2) is 0 Å². The standard InChI is InChI=1S/C25H23ClN2O4/c1-31-20-7-5-16(15-29)22(13-20)17-10-18-11-21(32-25(18)23(26)12-17)14-28-24(30)8-6-19-4-2-3-9-27-19/h2-10,12-13,21,29H,11,14-15H2,1H3,(H,28,30)/b8-6+. The fourth-order valence-electron chi connectivity index (χ4n) is 3.66. The number of carbonyl (C=O) groups is 1. The fourth-order valence-corrected chi connectivity index (χ4v) is 3.94. The van der Waals surface area contributed by atoms with Crippen LogP contribution in [-0.4, -0.2) is 35.8 Å². The number of nitrogens with one attached hydrogen (secondary N) is 1. The van der Waals surface area contributed by atoms with Crippen LogP contribution in [0.15, 0.2) is 60.8 Å². The largest absolute Gasteiger partial charge is 0.497 e. The lowest BCUT2D eigenvalue weighted by atomic mass is 9.96. The predicted molar refractivity (Wildman–Crippen MR) is 124 cm³/mol. The number of hydrogen-bond donors (Lipinski definition) is 2. The summed E-state index contributed by atoms with van der Waals surface area (Å²) in [6.07, 6.45) is 5.19. The number of aliphatic hydroxyl groups is 1. The molecule has 2 heterocycles. The highest BCUT2D eigenvalue weighted by atomic mass is 35.5. The van der Waals surface area contributed by atoms with Crippen LogP contribution in [0.5, 0.6) is 11.5 Å². The molecule has 0 bridgehead atoms. The minimum Gasteiger partial charge on any atom is -0.497 e. The lowest BCUT2D eigenvalue weighted by molar-refractivity contribution is -0.116. The summed E-state index contributed by atoms with van der Waals surface area (Å²) >= 11 is 6.52. The van der Waals surface area contributed by atoms with E-state index in [2.05, 4.69) is 10.3 Å². The van der Waals surface area contributed by atoms with E-state index in [1.165, 1.54) is 6.08 Å². The lowest BCUT2D eigenvalue weighted by Gasteiger charge is -2.13. The Morgan fingerprint density at radius 1 is 1.31 bits per heavy atom. The average Bonchev–Trinajstić information content (AvgIpc) is 3.25. The number of aliphatic hydroxyl groups excluding tert-OH is 1. The first-order chi connectivity index (χ1) is 15.6. The first kappa shape index (κ1) is 21.9. The van der Waals surface area contributed by atoms with E-state index in [0.717, 1.165) is 22.3 Å². The molecule has 7 heteroatoms. The Morgan fingerprint density at radius 2 is 2.19 bits per heavy atom. The Labute approximate surface area is 191 Å². The molecule has 164 valence electrons. The van der Waals surface area contributed by atoms with Crippen LogP contribution < -0.4 is 14.8 Å². The van der Waals surface area contributed by atoms with Gasteiger partial charge in [-0.1, -0.05) is 23.7 Å². The van der Waals surface area contributed by atoms with Crippen molar-refractivity contribution in [1.29, 1.82) is 0 Å². The quantitative estimate of drug-likeness (QED) is 0.531. The summed E-state index contributed by atoms with van der Waals surface area (Å²) in [5.74, 6) is 1.11. The first-order valence-electron chi connectivity index (χ1n) is 10.2. The predicted octanol–water partition coefficient (Wildman–Crippen LogP) is 4.04. The van der Waals surface area contributed by atoms with Crippen LogP contribution in [-0.2, 0) is 17.8 Å². The van der Waals surface area contributed by atoms with Gasteiger partial charge in [0.05, 0.1) is 31.0 Å². The minimum absolute atomic E-state index is 0.0921. The molecule has 1 aliphatic heterocycles. The van der Waals surface area contributed by atoms with Gasteiger partial charge in [-0.3, -0.25) is 9.78 Å². The van der Waals surface area contributed by atoms with E-state index in [4.69, 9.17) is 21.1 Å². The van der Waals surface area contributed by atoms with Gasteiger partial charge in [-0.25, -0.2) is 0 Å². The summed E-state index contributed by atoms with van der Waals surface area (Å²) in [5.41, 5.74) is 4.19. The molecule has 1 aromatic heterocycles. The van der Waals surface area contributed by atoms with Crippen LogP contribution in [0, 0.1) is 0 Å². The van der Waals surface area contributed by atoms with Crippen molar-refractivity contribution in [3.63, 3.8) is 0 Å². The molecule has 1 amide bonds. The molecule has 6 nitrogen and oxygen atoms in total. The van der Waals surface area contributed by atoms with E-state index in [9.17, 15) is 9.90 Å². The molecule has 1 aliphatic rings. The summed E-state index contributed by atoms with van der Waals surface area (Å²) in [6, 6.07) is 14.9. The van der Waals surface area contributed by atoms with E-state index in [-0.39, 0.29) is 18.6 Å². The van der Waals surface area contributed by atoms with Gasteiger partial charge >= 0.3 is 0 Å². The number of carbonyl (C=O) groups excluding carboxylic acids is 1.